The van der Waals surface area contributed by atoms with Crippen LogP contribution < -0.4 is 10.1 Å². The molecule has 2 fully saturated rings. The third kappa shape index (κ3) is 5.92. The Labute approximate surface area is 196 Å². The lowest BCUT2D eigenvalue weighted by molar-refractivity contribution is -0.125. The Hall–Kier alpha value is -2.44. The molecule has 33 heavy (non-hydrogen) atoms. The lowest BCUT2D eigenvalue weighted by Crippen LogP contribution is -2.44. The maximum Gasteiger partial charge on any atom is 0.235 e. The zero-order valence-corrected chi connectivity index (χ0v) is 19.5. The zero-order valence-electron chi connectivity index (χ0n) is 19.5. The van der Waals surface area contributed by atoms with Crippen molar-refractivity contribution in [3.63, 3.8) is 0 Å². The number of carbonyl (C=O) groups is 1. The van der Waals surface area contributed by atoms with Gasteiger partial charge in [0.1, 0.15) is 11.6 Å². The van der Waals surface area contributed by atoms with Gasteiger partial charge in [0.15, 0.2) is 0 Å². The fourth-order valence-electron chi connectivity index (χ4n) is 4.97. The van der Waals surface area contributed by atoms with E-state index >= 15 is 0 Å². The third-order valence-corrected chi connectivity index (χ3v) is 7.09. The molecule has 0 aromatic heterocycles. The van der Waals surface area contributed by atoms with E-state index in [4.69, 9.17) is 9.47 Å². The van der Waals surface area contributed by atoms with Crippen LogP contribution in [0.3, 0.4) is 0 Å². The minimum absolute atomic E-state index is 0.0817. The zero-order chi connectivity index (χ0) is 23.1. The van der Waals surface area contributed by atoms with E-state index < -0.39 is 5.41 Å². The molecule has 178 valence electrons. The van der Waals surface area contributed by atoms with E-state index in [0.717, 1.165) is 30.0 Å². The predicted octanol–water partition coefficient (Wildman–Crippen LogP) is 5.16. The highest BCUT2D eigenvalue weighted by Gasteiger charge is 2.41. The van der Waals surface area contributed by atoms with Gasteiger partial charge in [-0.2, -0.15) is 0 Å². The molecular formula is C27H35FN2O3. The molecule has 2 aliphatic heterocycles. The lowest BCUT2D eigenvalue weighted by atomic mass is 9.73. The number of nitrogens with zero attached hydrogens (tertiary/aromatic N) is 1. The second-order valence-electron chi connectivity index (χ2n) is 9.26. The van der Waals surface area contributed by atoms with E-state index in [-0.39, 0.29) is 11.7 Å². The molecule has 1 atom stereocenters. The van der Waals surface area contributed by atoms with E-state index in [2.05, 4.69) is 17.1 Å². The van der Waals surface area contributed by atoms with Gasteiger partial charge >= 0.3 is 0 Å². The minimum Gasteiger partial charge on any atom is -0.494 e. The molecule has 0 bridgehead atoms. The predicted molar refractivity (Wildman–Crippen MR) is 128 cm³/mol. The summed E-state index contributed by atoms with van der Waals surface area (Å²) < 4.78 is 24.9. The summed E-state index contributed by atoms with van der Waals surface area (Å²) in [5, 5.41) is 3.06. The van der Waals surface area contributed by atoms with Crippen molar-refractivity contribution in [2.75, 3.05) is 38.2 Å². The van der Waals surface area contributed by atoms with Crippen LogP contribution >= 0.6 is 0 Å². The number of anilines is 1. The average molecular weight is 455 g/mol. The third-order valence-electron chi connectivity index (χ3n) is 7.09. The van der Waals surface area contributed by atoms with Crippen LogP contribution in [0.4, 0.5) is 10.1 Å². The highest BCUT2D eigenvalue weighted by atomic mass is 19.1. The van der Waals surface area contributed by atoms with Crippen molar-refractivity contribution >= 4 is 11.6 Å². The molecule has 0 aliphatic carbocycles. The smallest absolute Gasteiger partial charge is 0.235 e. The summed E-state index contributed by atoms with van der Waals surface area (Å²) in [6.07, 6.45) is 6.08. The van der Waals surface area contributed by atoms with Crippen LogP contribution in [0.25, 0.3) is 0 Å². The molecule has 4 rings (SSSR count). The Kier molecular flexibility index (Phi) is 7.99. The maximum absolute atomic E-state index is 13.4. The number of halogens is 1. The Bertz CT molecular complexity index is 895. The molecule has 5 nitrogen and oxygen atoms in total. The monoisotopic (exact) mass is 454 g/mol. The average Bonchev–Trinajstić information content (AvgIpc) is 2.84. The molecule has 2 saturated heterocycles. The highest BCUT2D eigenvalue weighted by Crippen LogP contribution is 2.36. The number of carbonyl (C=O) groups excluding carboxylic acids is 1. The quantitative estimate of drug-likeness (QED) is 0.560. The molecule has 1 amide bonds. The number of nitrogens with one attached hydrogen (secondary N) is 1. The molecule has 0 radical (unpaired) electrons. The summed E-state index contributed by atoms with van der Waals surface area (Å²) >= 11 is 0. The van der Waals surface area contributed by atoms with Crippen molar-refractivity contribution in [3.8, 4) is 5.75 Å². The van der Waals surface area contributed by atoms with Gasteiger partial charge in [0.05, 0.1) is 12.0 Å². The fraction of sp³-hybridized carbons (Fsp3) is 0.519. The number of ether oxygens (including phenoxy) is 2. The standard InChI is InChI=1S/C27H35FN2O3/c1-21-5-2-3-16-30(21)17-4-18-33-25-12-10-24(11-13-25)29-26(31)27(14-19-32-20-15-27)22-6-8-23(28)9-7-22/h6-13,21H,2-5,14-20H2,1H3,(H,29,31). The number of hydrogen-bond donors (Lipinski definition) is 1. The van der Waals surface area contributed by atoms with Gasteiger partial charge < -0.3 is 19.7 Å². The van der Waals surface area contributed by atoms with Crippen molar-refractivity contribution in [3.05, 3.63) is 59.9 Å². The molecule has 1 unspecified atom stereocenters. The molecule has 2 heterocycles. The van der Waals surface area contributed by atoms with Gasteiger partial charge in [0.25, 0.3) is 0 Å². The minimum atomic E-state index is -0.716. The van der Waals surface area contributed by atoms with Crippen molar-refractivity contribution in [1.82, 2.24) is 4.90 Å². The molecule has 0 saturated carbocycles. The van der Waals surface area contributed by atoms with Crippen molar-refractivity contribution in [1.29, 1.82) is 0 Å². The van der Waals surface area contributed by atoms with Crippen LogP contribution in [-0.2, 0) is 14.9 Å². The molecule has 6 heteroatoms. The number of benzene rings is 2. The van der Waals surface area contributed by atoms with Gasteiger partial charge in [-0.25, -0.2) is 4.39 Å². The number of hydrogen-bond acceptors (Lipinski definition) is 4. The molecule has 1 N–H and O–H groups in total. The van der Waals surface area contributed by atoms with Crippen LogP contribution in [0.2, 0.25) is 0 Å². The molecular weight excluding hydrogens is 419 g/mol. The van der Waals surface area contributed by atoms with Gasteiger partial charge in [-0.05, 0) is 87.5 Å². The summed E-state index contributed by atoms with van der Waals surface area (Å²) in [6, 6.07) is 14.5. The van der Waals surface area contributed by atoms with Gasteiger partial charge in [-0.15, -0.1) is 0 Å². The van der Waals surface area contributed by atoms with Gasteiger partial charge in [0.2, 0.25) is 5.91 Å². The summed E-state index contributed by atoms with van der Waals surface area (Å²) in [5.41, 5.74) is 0.835. The Morgan fingerprint density at radius 2 is 1.85 bits per heavy atom. The van der Waals surface area contributed by atoms with E-state index in [0.29, 0.717) is 38.7 Å². The Morgan fingerprint density at radius 1 is 1.12 bits per heavy atom. The number of likely N-dealkylation sites (tertiary alicyclic amines) is 1. The van der Waals surface area contributed by atoms with Crippen molar-refractivity contribution in [2.45, 2.75) is 56.9 Å². The van der Waals surface area contributed by atoms with Crippen molar-refractivity contribution in [2.24, 2.45) is 0 Å². The molecule has 2 aromatic carbocycles. The normalized spacial score (nSPS) is 20.8. The number of amides is 1. The first kappa shape index (κ1) is 23.7. The summed E-state index contributed by atoms with van der Waals surface area (Å²) in [7, 11) is 0. The van der Waals surface area contributed by atoms with E-state index in [1.165, 1.54) is 37.9 Å². The van der Waals surface area contributed by atoms with Crippen LogP contribution in [-0.4, -0.2) is 49.8 Å². The van der Waals surface area contributed by atoms with Crippen molar-refractivity contribution < 1.29 is 18.7 Å². The van der Waals surface area contributed by atoms with Crippen LogP contribution in [0.5, 0.6) is 5.75 Å². The second-order valence-corrected chi connectivity index (χ2v) is 9.26. The topological polar surface area (TPSA) is 50.8 Å². The Morgan fingerprint density at radius 3 is 2.55 bits per heavy atom. The first-order valence-corrected chi connectivity index (χ1v) is 12.2. The van der Waals surface area contributed by atoms with E-state index in [1.54, 1.807) is 12.1 Å². The molecule has 2 aromatic rings. The van der Waals surface area contributed by atoms with Gasteiger partial charge in [-0.3, -0.25) is 4.79 Å². The van der Waals surface area contributed by atoms with Gasteiger partial charge in [-0.1, -0.05) is 18.6 Å². The summed E-state index contributed by atoms with van der Waals surface area (Å²) in [5.74, 6) is 0.420. The Balaban J connectivity index is 1.31. The first-order valence-electron chi connectivity index (χ1n) is 12.2. The summed E-state index contributed by atoms with van der Waals surface area (Å²) in [4.78, 5) is 15.9. The summed E-state index contributed by atoms with van der Waals surface area (Å²) in [6.45, 7) is 6.28. The SMILES string of the molecule is CC1CCCCN1CCCOc1ccc(NC(=O)C2(c3ccc(F)cc3)CCOCC2)cc1. The largest absolute Gasteiger partial charge is 0.494 e. The molecule has 2 aliphatic rings. The lowest BCUT2D eigenvalue weighted by Gasteiger charge is -2.36. The fourth-order valence-corrected chi connectivity index (χ4v) is 4.97. The van der Waals surface area contributed by atoms with Crippen LogP contribution in [0.1, 0.15) is 51.0 Å². The van der Waals surface area contributed by atoms with Gasteiger partial charge in [0, 0.05) is 31.5 Å². The van der Waals surface area contributed by atoms with E-state index in [1.807, 2.05) is 24.3 Å². The van der Waals surface area contributed by atoms with E-state index in [9.17, 15) is 9.18 Å². The second kappa shape index (κ2) is 11.1. The van der Waals surface area contributed by atoms with Crippen LogP contribution in [0.15, 0.2) is 48.5 Å². The first-order chi connectivity index (χ1) is 16.1. The number of piperidine rings is 1. The van der Waals surface area contributed by atoms with Crippen LogP contribution in [0, 0.1) is 5.82 Å². The molecule has 0 spiro atoms. The maximum atomic E-state index is 13.4. The number of rotatable bonds is 8. The highest BCUT2D eigenvalue weighted by molar-refractivity contribution is 5.99.